The number of hydrogen-bond acceptors (Lipinski definition) is 2. The van der Waals surface area contributed by atoms with E-state index in [0.717, 1.165) is 29.2 Å². The average molecular weight is 257 g/mol. The number of benzene rings is 1. The Morgan fingerprint density at radius 3 is 2.37 bits per heavy atom. The van der Waals surface area contributed by atoms with Crippen molar-refractivity contribution in [3.8, 4) is 11.3 Å². The predicted octanol–water partition coefficient (Wildman–Crippen LogP) is 3.05. The van der Waals surface area contributed by atoms with Crippen molar-refractivity contribution in [2.45, 2.75) is 33.7 Å². The van der Waals surface area contributed by atoms with Crippen LogP contribution in [0.15, 0.2) is 24.3 Å². The maximum atomic E-state index is 5.84. The van der Waals surface area contributed by atoms with Crippen LogP contribution in [0.3, 0.4) is 0 Å². The SMILES string of the molecule is Cc1nc(-c2ccc(CC(C)C)cc2)c(CN)n1C. The Morgan fingerprint density at radius 1 is 1.21 bits per heavy atom. The second-order valence-electron chi connectivity index (χ2n) is 5.51. The van der Waals surface area contributed by atoms with E-state index in [1.165, 1.54) is 5.56 Å². The summed E-state index contributed by atoms with van der Waals surface area (Å²) in [6.45, 7) is 7.00. The minimum atomic E-state index is 0.514. The van der Waals surface area contributed by atoms with Crippen LogP contribution in [0.1, 0.15) is 30.9 Å². The Morgan fingerprint density at radius 2 is 1.84 bits per heavy atom. The van der Waals surface area contributed by atoms with Crippen molar-refractivity contribution in [3.63, 3.8) is 0 Å². The molecule has 0 fully saturated rings. The molecule has 19 heavy (non-hydrogen) atoms. The maximum absolute atomic E-state index is 5.84. The molecule has 1 heterocycles. The fraction of sp³-hybridized carbons (Fsp3) is 0.438. The minimum absolute atomic E-state index is 0.514. The van der Waals surface area contributed by atoms with E-state index in [4.69, 9.17) is 5.73 Å². The Balaban J connectivity index is 2.34. The van der Waals surface area contributed by atoms with Gasteiger partial charge in [-0.3, -0.25) is 0 Å². The summed E-state index contributed by atoms with van der Waals surface area (Å²) in [4.78, 5) is 4.62. The molecule has 0 saturated carbocycles. The van der Waals surface area contributed by atoms with Crippen molar-refractivity contribution in [1.82, 2.24) is 9.55 Å². The molecule has 3 heteroatoms. The monoisotopic (exact) mass is 257 g/mol. The zero-order valence-corrected chi connectivity index (χ0v) is 12.3. The second-order valence-corrected chi connectivity index (χ2v) is 5.51. The molecule has 1 aromatic heterocycles. The number of nitrogens with two attached hydrogens (primary N) is 1. The Labute approximate surface area is 115 Å². The molecule has 0 saturated heterocycles. The van der Waals surface area contributed by atoms with Gasteiger partial charge in [0, 0.05) is 19.2 Å². The third-order valence-corrected chi connectivity index (χ3v) is 3.50. The van der Waals surface area contributed by atoms with Gasteiger partial charge in [0.25, 0.3) is 0 Å². The Kier molecular flexibility index (Phi) is 4.05. The molecular weight excluding hydrogens is 234 g/mol. The number of hydrogen-bond donors (Lipinski definition) is 1. The Hall–Kier alpha value is -1.61. The summed E-state index contributed by atoms with van der Waals surface area (Å²) in [5.41, 5.74) is 10.5. The van der Waals surface area contributed by atoms with Crippen molar-refractivity contribution >= 4 is 0 Å². The molecule has 0 amide bonds. The van der Waals surface area contributed by atoms with Crippen LogP contribution in [0, 0.1) is 12.8 Å². The van der Waals surface area contributed by atoms with Crippen LogP contribution in [-0.4, -0.2) is 9.55 Å². The highest BCUT2D eigenvalue weighted by molar-refractivity contribution is 5.62. The van der Waals surface area contributed by atoms with Gasteiger partial charge in [-0.2, -0.15) is 0 Å². The molecule has 0 aliphatic rings. The zero-order valence-electron chi connectivity index (χ0n) is 12.3. The first-order chi connectivity index (χ1) is 9.02. The number of imidazole rings is 1. The van der Waals surface area contributed by atoms with Gasteiger partial charge in [0.05, 0.1) is 11.4 Å². The molecule has 3 nitrogen and oxygen atoms in total. The van der Waals surface area contributed by atoms with Gasteiger partial charge in [0.2, 0.25) is 0 Å². The van der Waals surface area contributed by atoms with E-state index in [2.05, 4.69) is 47.7 Å². The average Bonchev–Trinajstić information content (AvgIpc) is 2.65. The molecule has 0 bridgehead atoms. The van der Waals surface area contributed by atoms with Crippen molar-refractivity contribution < 1.29 is 0 Å². The van der Waals surface area contributed by atoms with Gasteiger partial charge in [-0.25, -0.2) is 4.98 Å². The van der Waals surface area contributed by atoms with Crippen molar-refractivity contribution in [3.05, 3.63) is 41.3 Å². The molecule has 0 radical (unpaired) electrons. The van der Waals surface area contributed by atoms with Crippen molar-refractivity contribution in [2.75, 3.05) is 0 Å². The highest BCUT2D eigenvalue weighted by atomic mass is 15.1. The first-order valence-corrected chi connectivity index (χ1v) is 6.84. The normalized spacial score (nSPS) is 11.3. The molecule has 2 aromatic rings. The second kappa shape index (κ2) is 5.57. The number of rotatable bonds is 4. The lowest BCUT2D eigenvalue weighted by Gasteiger charge is -2.07. The van der Waals surface area contributed by atoms with Crippen LogP contribution >= 0.6 is 0 Å². The lowest BCUT2D eigenvalue weighted by atomic mass is 10.0. The topological polar surface area (TPSA) is 43.8 Å². The van der Waals surface area contributed by atoms with E-state index in [9.17, 15) is 0 Å². The highest BCUT2D eigenvalue weighted by Crippen LogP contribution is 2.24. The van der Waals surface area contributed by atoms with Gasteiger partial charge >= 0.3 is 0 Å². The van der Waals surface area contributed by atoms with Crippen LogP contribution < -0.4 is 5.73 Å². The quantitative estimate of drug-likeness (QED) is 0.915. The van der Waals surface area contributed by atoms with Crippen LogP contribution in [-0.2, 0) is 20.0 Å². The van der Waals surface area contributed by atoms with E-state index in [1.807, 2.05) is 14.0 Å². The van der Waals surface area contributed by atoms with Gasteiger partial charge in [0.15, 0.2) is 0 Å². The summed E-state index contributed by atoms with van der Waals surface area (Å²) in [5.74, 6) is 1.68. The maximum Gasteiger partial charge on any atom is 0.106 e. The van der Waals surface area contributed by atoms with E-state index < -0.39 is 0 Å². The van der Waals surface area contributed by atoms with E-state index in [1.54, 1.807) is 0 Å². The predicted molar refractivity (Wildman–Crippen MR) is 79.8 cm³/mol. The summed E-state index contributed by atoms with van der Waals surface area (Å²) in [7, 11) is 2.02. The summed E-state index contributed by atoms with van der Waals surface area (Å²) < 4.78 is 2.07. The van der Waals surface area contributed by atoms with E-state index in [0.29, 0.717) is 12.5 Å². The number of aromatic nitrogens is 2. The zero-order chi connectivity index (χ0) is 14.0. The third kappa shape index (κ3) is 2.87. The van der Waals surface area contributed by atoms with Gasteiger partial charge < -0.3 is 10.3 Å². The van der Waals surface area contributed by atoms with Crippen LogP contribution in [0.4, 0.5) is 0 Å². The Bertz CT molecular complexity index is 550. The molecular formula is C16H23N3. The lowest BCUT2D eigenvalue weighted by molar-refractivity contribution is 0.647. The van der Waals surface area contributed by atoms with Crippen LogP contribution in [0.5, 0.6) is 0 Å². The fourth-order valence-electron chi connectivity index (χ4n) is 2.39. The summed E-state index contributed by atoms with van der Waals surface area (Å²) in [6.07, 6.45) is 1.12. The van der Waals surface area contributed by atoms with Gasteiger partial charge in [-0.15, -0.1) is 0 Å². The number of aryl methyl sites for hydroxylation is 1. The van der Waals surface area contributed by atoms with Crippen molar-refractivity contribution in [2.24, 2.45) is 18.7 Å². The number of nitrogens with zero attached hydrogens (tertiary/aromatic N) is 2. The first-order valence-electron chi connectivity index (χ1n) is 6.84. The smallest absolute Gasteiger partial charge is 0.106 e. The minimum Gasteiger partial charge on any atom is -0.334 e. The summed E-state index contributed by atoms with van der Waals surface area (Å²) in [6, 6.07) is 8.69. The molecule has 1 aromatic carbocycles. The van der Waals surface area contributed by atoms with Gasteiger partial charge in [-0.1, -0.05) is 38.1 Å². The first kappa shape index (κ1) is 13.8. The third-order valence-electron chi connectivity index (χ3n) is 3.50. The van der Waals surface area contributed by atoms with E-state index in [-0.39, 0.29) is 0 Å². The molecule has 0 spiro atoms. The molecule has 2 rings (SSSR count). The molecule has 0 atom stereocenters. The molecule has 0 unspecified atom stereocenters. The van der Waals surface area contributed by atoms with Crippen LogP contribution in [0.2, 0.25) is 0 Å². The molecule has 2 N–H and O–H groups in total. The molecule has 102 valence electrons. The van der Waals surface area contributed by atoms with Crippen LogP contribution in [0.25, 0.3) is 11.3 Å². The van der Waals surface area contributed by atoms with Gasteiger partial charge in [-0.05, 0) is 24.8 Å². The summed E-state index contributed by atoms with van der Waals surface area (Å²) in [5, 5.41) is 0. The standard InChI is InChI=1S/C16H23N3/c1-11(2)9-13-5-7-14(8-6-13)16-15(10-17)19(4)12(3)18-16/h5-8,11H,9-10,17H2,1-4H3. The highest BCUT2D eigenvalue weighted by Gasteiger charge is 2.12. The van der Waals surface area contributed by atoms with Gasteiger partial charge in [0.1, 0.15) is 5.82 Å². The molecule has 0 aliphatic carbocycles. The molecule has 0 aliphatic heterocycles. The fourth-order valence-corrected chi connectivity index (χ4v) is 2.39. The summed E-state index contributed by atoms with van der Waals surface area (Å²) >= 11 is 0. The lowest BCUT2D eigenvalue weighted by Crippen LogP contribution is -2.05. The van der Waals surface area contributed by atoms with Crippen molar-refractivity contribution in [1.29, 1.82) is 0 Å². The largest absolute Gasteiger partial charge is 0.334 e. The van der Waals surface area contributed by atoms with E-state index >= 15 is 0 Å².